The second kappa shape index (κ2) is 10.9. The van der Waals surface area contributed by atoms with E-state index < -0.39 is 6.04 Å². The minimum atomic E-state index is -0.526. The van der Waals surface area contributed by atoms with Crippen LogP contribution in [0.3, 0.4) is 0 Å². The number of rotatable bonds is 8. The highest BCUT2D eigenvalue weighted by Gasteiger charge is 2.30. The third-order valence-electron chi connectivity index (χ3n) is 4.66. The number of nitrogens with zero attached hydrogens (tertiary/aromatic N) is 1. The minimum absolute atomic E-state index is 0.0610. The first-order valence-electron chi connectivity index (χ1n) is 10.1. The molecule has 0 saturated heterocycles. The first kappa shape index (κ1) is 24.3. The van der Waals surface area contributed by atoms with Crippen molar-refractivity contribution in [3.05, 3.63) is 64.7 Å². The van der Waals surface area contributed by atoms with Gasteiger partial charge in [0.15, 0.2) is 0 Å². The number of nitrogens with one attached hydrogen (secondary N) is 1. The van der Waals surface area contributed by atoms with Gasteiger partial charge in [0, 0.05) is 22.0 Å². The molecule has 2 rings (SSSR count). The Morgan fingerprint density at radius 1 is 1.10 bits per heavy atom. The van der Waals surface area contributed by atoms with Crippen molar-refractivity contribution in [1.29, 1.82) is 0 Å². The van der Waals surface area contributed by atoms with Crippen LogP contribution in [-0.4, -0.2) is 34.0 Å². The van der Waals surface area contributed by atoms with Crippen LogP contribution in [-0.2, 0) is 16.1 Å². The molecule has 2 aromatic carbocycles. The molecule has 0 fully saturated rings. The van der Waals surface area contributed by atoms with Crippen molar-refractivity contribution >= 4 is 35.2 Å². The number of carbonyl (C=O) groups is 2. The number of halogens is 1. The summed E-state index contributed by atoms with van der Waals surface area (Å²) < 4.78 is 0. The molecule has 0 aliphatic carbocycles. The van der Waals surface area contributed by atoms with E-state index in [1.807, 2.05) is 83.1 Å². The van der Waals surface area contributed by atoms with E-state index in [0.29, 0.717) is 18.0 Å². The summed E-state index contributed by atoms with van der Waals surface area (Å²) in [7, 11) is 0. The Kier molecular flexibility index (Phi) is 8.80. The largest absolute Gasteiger partial charge is 0.350 e. The van der Waals surface area contributed by atoms with Gasteiger partial charge in [-0.1, -0.05) is 42.8 Å². The van der Waals surface area contributed by atoms with Crippen molar-refractivity contribution in [3.8, 4) is 0 Å². The third-order valence-corrected chi connectivity index (χ3v) is 5.91. The van der Waals surface area contributed by atoms with Gasteiger partial charge in [-0.15, -0.1) is 11.8 Å². The van der Waals surface area contributed by atoms with E-state index in [4.69, 9.17) is 11.6 Å². The highest BCUT2D eigenvalue weighted by molar-refractivity contribution is 8.00. The Morgan fingerprint density at radius 3 is 2.30 bits per heavy atom. The zero-order chi connectivity index (χ0) is 22.3. The van der Waals surface area contributed by atoms with Crippen LogP contribution in [0.5, 0.6) is 0 Å². The molecule has 0 spiro atoms. The lowest BCUT2D eigenvalue weighted by Gasteiger charge is -2.33. The fraction of sp³-hybridized carbons (Fsp3) is 0.417. The quantitative estimate of drug-likeness (QED) is 0.547. The number of amides is 2. The number of carbonyl (C=O) groups excluding carboxylic acids is 2. The third kappa shape index (κ3) is 7.37. The summed E-state index contributed by atoms with van der Waals surface area (Å²) in [6, 6.07) is 14.9. The summed E-state index contributed by atoms with van der Waals surface area (Å²) in [6.45, 7) is 10.2. The highest BCUT2D eigenvalue weighted by atomic mass is 35.5. The van der Waals surface area contributed by atoms with E-state index in [9.17, 15) is 9.59 Å². The van der Waals surface area contributed by atoms with E-state index in [1.54, 1.807) is 4.90 Å². The molecule has 0 aromatic heterocycles. The van der Waals surface area contributed by atoms with Crippen molar-refractivity contribution in [2.24, 2.45) is 0 Å². The Balaban J connectivity index is 2.24. The fourth-order valence-electron chi connectivity index (χ4n) is 3.10. The maximum absolute atomic E-state index is 13.3. The van der Waals surface area contributed by atoms with E-state index >= 15 is 0 Å². The summed E-state index contributed by atoms with van der Waals surface area (Å²) >= 11 is 7.40. The summed E-state index contributed by atoms with van der Waals surface area (Å²) in [5.74, 6) is 0.0739. The van der Waals surface area contributed by atoms with Gasteiger partial charge in [-0.25, -0.2) is 0 Å². The van der Waals surface area contributed by atoms with Crippen molar-refractivity contribution in [2.45, 2.75) is 64.1 Å². The van der Waals surface area contributed by atoms with Crippen LogP contribution in [0.2, 0.25) is 5.02 Å². The van der Waals surface area contributed by atoms with Gasteiger partial charge in [0.1, 0.15) is 6.04 Å². The molecule has 1 N–H and O–H groups in total. The maximum Gasteiger partial charge on any atom is 0.243 e. The Morgan fingerprint density at radius 2 is 1.73 bits per heavy atom. The molecule has 30 heavy (non-hydrogen) atoms. The van der Waals surface area contributed by atoms with Gasteiger partial charge in [0.25, 0.3) is 0 Å². The van der Waals surface area contributed by atoms with Crippen LogP contribution in [0, 0.1) is 6.92 Å². The maximum atomic E-state index is 13.3. The van der Waals surface area contributed by atoms with Gasteiger partial charge in [-0.3, -0.25) is 9.59 Å². The molecule has 0 saturated carbocycles. The average molecular weight is 447 g/mol. The molecule has 162 valence electrons. The Labute approximate surface area is 189 Å². The van der Waals surface area contributed by atoms with Crippen molar-refractivity contribution < 1.29 is 9.59 Å². The van der Waals surface area contributed by atoms with Crippen molar-refractivity contribution in [1.82, 2.24) is 10.2 Å². The monoisotopic (exact) mass is 446 g/mol. The van der Waals surface area contributed by atoms with Gasteiger partial charge in [0.2, 0.25) is 11.8 Å². The molecule has 0 heterocycles. The molecule has 2 aromatic rings. The first-order valence-corrected chi connectivity index (χ1v) is 11.5. The molecule has 1 atom stereocenters. The summed E-state index contributed by atoms with van der Waals surface area (Å²) in [6.07, 6.45) is 0.547. The molecule has 0 aliphatic heterocycles. The minimum Gasteiger partial charge on any atom is -0.350 e. The molecule has 0 bridgehead atoms. The summed E-state index contributed by atoms with van der Waals surface area (Å²) in [5.41, 5.74) is 1.79. The van der Waals surface area contributed by atoms with Gasteiger partial charge in [-0.05, 0) is 69.5 Å². The first-order chi connectivity index (χ1) is 14.1. The molecule has 6 heteroatoms. The van der Waals surface area contributed by atoms with E-state index in [-0.39, 0.29) is 23.1 Å². The van der Waals surface area contributed by atoms with Gasteiger partial charge in [-0.2, -0.15) is 0 Å². The normalized spacial score (nSPS) is 12.3. The number of hydrogen-bond donors (Lipinski definition) is 1. The molecule has 0 radical (unpaired) electrons. The van der Waals surface area contributed by atoms with Crippen LogP contribution < -0.4 is 5.32 Å². The average Bonchev–Trinajstić information content (AvgIpc) is 2.67. The van der Waals surface area contributed by atoms with Gasteiger partial charge in [0.05, 0.1) is 5.75 Å². The Bertz CT molecular complexity index is 862. The van der Waals surface area contributed by atoms with Crippen LogP contribution in [0.4, 0.5) is 0 Å². The number of thioether (sulfide) groups is 1. The predicted molar refractivity (Wildman–Crippen MR) is 126 cm³/mol. The fourth-order valence-corrected chi connectivity index (χ4v) is 4.01. The molecule has 4 nitrogen and oxygen atoms in total. The van der Waals surface area contributed by atoms with Crippen molar-refractivity contribution in [2.75, 3.05) is 5.75 Å². The van der Waals surface area contributed by atoms with E-state index in [2.05, 4.69) is 5.32 Å². The number of benzene rings is 2. The summed E-state index contributed by atoms with van der Waals surface area (Å²) in [4.78, 5) is 28.9. The molecule has 0 aliphatic rings. The molecule has 1 unspecified atom stereocenters. The van der Waals surface area contributed by atoms with Crippen LogP contribution in [0.15, 0.2) is 53.4 Å². The standard InChI is InChI=1S/C24H31ClN2O2S/c1-6-21(23(29)26-24(3,4)5)27(15-18-10-8-7-9-17(18)2)22(28)16-30-20-13-11-19(25)12-14-20/h7-14,21H,6,15-16H2,1-5H3,(H,26,29). The van der Waals surface area contributed by atoms with Crippen molar-refractivity contribution in [3.63, 3.8) is 0 Å². The smallest absolute Gasteiger partial charge is 0.243 e. The highest BCUT2D eigenvalue weighted by Crippen LogP contribution is 2.23. The van der Waals surface area contributed by atoms with Gasteiger partial charge >= 0.3 is 0 Å². The molecular weight excluding hydrogens is 416 g/mol. The van der Waals surface area contributed by atoms with Crippen LogP contribution in [0.1, 0.15) is 45.2 Å². The lowest BCUT2D eigenvalue weighted by atomic mass is 10.0. The van der Waals surface area contributed by atoms with E-state index in [0.717, 1.165) is 16.0 Å². The Hall–Kier alpha value is -1.98. The second-order valence-electron chi connectivity index (χ2n) is 8.35. The van der Waals surface area contributed by atoms with Crippen LogP contribution >= 0.6 is 23.4 Å². The zero-order valence-electron chi connectivity index (χ0n) is 18.4. The second-order valence-corrected chi connectivity index (χ2v) is 9.84. The zero-order valence-corrected chi connectivity index (χ0v) is 19.9. The SMILES string of the molecule is CCC(C(=O)NC(C)(C)C)N(Cc1ccccc1C)C(=O)CSc1ccc(Cl)cc1. The molecule has 2 amide bonds. The summed E-state index contributed by atoms with van der Waals surface area (Å²) in [5, 5.41) is 3.70. The van der Waals surface area contributed by atoms with E-state index in [1.165, 1.54) is 11.8 Å². The lowest BCUT2D eigenvalue weighted by molar-refractivity contribution is -0.140. The number of aryl methyl sites for hydroxylation is 1. The van der Waals surface area contributed by atoms with Gasteiger partial charge < -0.3 is 10.2 Å². The predicted octanol–water partition coefficient (Wildman–Crippen LogP) is 5.46. The topological polar surface area (TPSA) is 49.4 Å². The lowest BCUT2D eigenvalue weighted by Crippen LogP contribution is -2.53. The van der Waals surface area contributed by atoms with Crippen LogP contribution in [0.25, 0.3) is 0 Å². The number of hydrogen-bond acceptors (Lipinski definition) is 3. The molecular formula is C24H31ClN2O2S.